The molecule has 1 aliphatic carbocycles. The SMILES string of the molecule is CC(C)(F)C(=O)NC1CCN(c2nccc(C(F)(F)F)n2)C2(CCC2)C1. The first-order valence-electron chi connectivity index (χ1n) is 8.69. The highest BCUT2D eigenvalue weighted by atomic mass is 19.4. The highest BCUT2D eigenvalue weighted by Crippen LogP contribution is 2.46. The Morgan fingerprint density at radius 3 is 2.54 bits per heavy atom. The normalized spacial score (nSPS) is 22.8. The zero-order chi connectivity index (χ0) is 19.2. The molecule has 5 nitrogen and oxygen atoms in total. The molecule has 1 amide bonds. The Labute approximate surface area is 149 Å². The maximum Gasteiger partial charge on any atom is 0.433 e. The molecular formula is C17H22F4N4O. The van der Waals surface area contributed by atoms with Gasteiger partial charge in [-0.25, -0.2) is 14.4 Å². The Kier molecular flexibility index (Phi) is 4.60. The summed E-state index contributed by atoms with van der Waals surface area (Å²) in [6, 6.07) is 0.646. The average molecular weight is 374 g/mol. The van der Waals surface area contributed by atoms with Gasteiger partial charge in [-0.05, 0) is 52.0 Å². The Morgan fingerprint density at radius 1 is 1.31 bits per heavy atom. The summed E-state index contributed by atoms with van der Waals surface area (Å²) >= 11 is 0. The second-order valence-corrected chi connectivity index (χ2v) is 7.60. The van der Waals surface area contributed by atoms with Gasteiger partial charge in [-0.2, -0.15) is 13.2 Å². The number of nitrogens with zero attached hydrogens (tertiary/aromatic N) is 3. The lowest BCUT2D eigenvalue weighted by Gasteiger charge is -2.55. The minimum Gasteiger partial charge on any atom is -0.350 e. The molecule has 0 aromatic carbocycles. The standard InChI is InChI=1S/C17H22F4N4O/c1-15(2,18)13(26)23-11-5-9-25(16(10-11)6-3-7-16)14-22-8-4-12(24-14)17(19,20)21/h4,8,11H,3,5-7,9-10H2,1-2H3,(H,23,26). The van der Waals surface area contributed by atoms with Crippen molar-refractivity contribution in [1.29, 1.82) is 0 Å². The van der Waals surface area contributed by atoms with Gasteiger partial charge in [-0.3, -0.25) is 4.79 Å². The lowest BCUT2D eigenvalue weighted by Crippen LogP contribution is -2.63. The van der Waals surface area contributed by atoms with Crippen molar-refractivity contribution in [3.63, 3.8) is 0 Å². The summed E-state index contributed by atoms with van der Waals surface area (Å²) in [7, 11) is 0. The number of amides is 1. The van der Waals surface area contributed by atoms with Gasteiger partial charge in [-0.1, -0.05) is 0 Å². The monoisotopic (exact) mass is 374 g/mol. The molecule has 3 rings (SSSR count). The number of aromatic nitrogens is 2. The van der Waals surface area contributed by atoms with Gasteiger partial charge in [-0.15, -0.1) is 0 Å². The zero-order valence-corrected chi connectivity index (χ0v) is 14.7. The quantitative estimate of drug-likeness (QED) is 0.826. The summed E-state index contributed by atoms with van der Waals surface area (Å²) in [6.07, 6.45) is 0.179. The van der Waals surface area contributed by atoms with Crippen LogP contribution >= 0.6 is 0 Å². The number of nitrogens with one attached hydrogen (secondary N) is 1. The van der Waals surface area contributed by atoms with E-state index in [1.807, 2.05) is 4.90 Å². The van der Waals surface area contributed by atoms with E-state index in [-0.39, 0.29) is 17.5 Å². The number of anilines is 1. The minimum absolute atomic E-state index is 0.0649. The van der Waals surface area contributed by atoms with Crippen LogP contribution in [-0.2, 0) is 11.0 Å². The summed E-state index contributed by atoms with van der Waals surface area (Å²) in [5.74, 6) is -0.601. The highest BCUT2D eigenvalue weighted by Gasteiger charge is 2.49. The van der Waals surface area contributed by atoms with Crippen molar-refractivity contribution in [1.82, 2.24) is 15.3 Å². The molecular weight excluding hydrogens is 352 g/mol. The molecule has 1 aliphatic heterocycles. The highest BCUT2D eigenvalue weighted by molar-refractivity contribution is 5.84. The van der Waals surface area contributed by atoms with E-state index in [0.29, 0.717) is 19.4 Å². The molecule has 0 bridgehead atoms. The number of rotatable bonds is 3. The van der Waals surface area contributed by atoms with Crippen LogP contribution in [0.25, 0.3) is 0 Å². The van der Waals surface area contributed by atoms with Crippen LogP contribution in [0.4, 0.5) is 23.5 Å². The van der Waals surface area contributed by atoms with Crippen LogP contribution in [0.1, 0.15) is 51.6 Å². The number of hydrogen-bond donors (Lipinski definition) is 1. The van der Waals surface area contributed by atoms with Gasteiger partial charge < -0.3 is 10.2 Å². The van der Waals surface area contributed by atoms with Crippen LogP contribution in [0.3, 0.4) is 0 Å². The zero-order valence-electron chi connectivity index (χ0n) is 14.7. The van der Waals surface area contributed by atoms with Crippen molar-refractivity contribution in [2.45, 2.75) is 69.4 Å². The van der Waals surface area contributed by atoms with E-state index in [9.17, 15) is 22.4 Å². The molecule has 26 heavy (non-hydrogen) atoms. The molecule has 9 heteroatoms. The van der Waals surface area contributed by atoms with E-state index in [4.69, 9.17) is 0 Å². The van der Waals surface area contributed by atoms with Gasteiger partial charge in [0, 0.05) is 24.3 Å². The lowest BCUT2D eigenvalue weighted by atomic mass is 9.69. The van der Waals surface area contributed by atoms with Crippen molar-refractivity contribution >= 4 is 11.9 Å². The van der Waals surface area contributed by atoms with Gasteiger partial charge in [0.2, 0.25) is 5.95 Å². The third kappa shape index (κ3) is 3.61. The summed E-state index contributed by atoms with van der Waals surface area (Å²) in [5.41, 5.74) is -3.30. The smallest absolute Gasteiger partial charge is 0.350 e. The number of carbonyl (C=O) groups excluding carboxylic acids is 1. The average Bonchev–Trinajstić information content (AvgIpc) is 2.51. The predicted molar refractivity (Wildman–Crippen MR) is 87.3 cm³/mol. The van der Waals surface area contributed by atoms with E-state index in [0.717, 1.165) is 31.5 Å². The Bertz CT molecular complexity index is 682. The second-order valence-electron chi connectivity index (χ2n) is 7.60. The van der Waals surface area contributed by atoms with Crippen molar-refractivity contribution in [3.8, 4) is 0 Å². The first-order valence-corrected chi connectivity index (χ1v) is 8.69. The van der Waals surface area contributed by atoms with Crippen LogP contribution in [0.2, 0.25) is 0 Å². The molecule has 1 unspecified atom stereocenters. The maximum atomic E-state index is 13.8. The molecule has 2 heterocycles. The fourth-order valence-electron chi connectivity index (χ4n) is 3.68. The molecule has 2 aliphatic rings. The lowest BCUT2D eigenvalue weighted by molar-refractivity contribution is -0.141. The maximum absolute atomic E-state index is 13.8. The minimum atomic E-state index is -4.52. The first-order chi connectivity index (χ1) is 12.0. The van der Waals surface area contributed by atoms with Gasteiger partial charge in [0.1, 0.15) is 5.69 Å². The van der Waals surface area contributed by atoms with Crippen LogP contribution < -0.4 is 10.2 Å². The number of halogens is 4. The van der Waals surface area contributed by atoms with E-state index in [2.05, 4.69) is 15.3 Å². The van der Waals surface area contributed by atoms with Gasteiger partial charge in [0.15, 0.2) is 5.67 Å². The predicted octanol–water partition coefficient (Wildman–Crippen LogP) is 3.25. The van der Waals surface area contributed by atoms with Gasteiger partial charge in [0.05, 0.1) is 0 Å². The molecule has 1 N–H and O–H groups in total. The molecule has 1 spiro atoms. The van der Waals surface area contributed by atoms with Gasteiger partial charge >= 0.3 is 6.18 Å². The first kappa shape index (κ1) is 18.8. The molecule has 1 atom stereocenters. The van der Waals surface area contributed by atoms with Crippen molar-refractivity contribution < 1.29 is 22.4 Å². The number of alkyl halides is 4. The largest absolute Gasteiger partial charge is 0.433 e. The molecule has 0 radical (unpaired) electrons. The van der Waals surface area contributed by atoms with E-state index >= 15 is 0 Å². The van der Waals surface area contributed by atoms with Crippen LogP contribution in [0.15, 0.2) is 12.3 Å². The third-order valence-electron chi connectivity index (χ3n) is 5.23. The van der Waals surface area contributed by atoms with E-state index < -0.39 is 23.4 Å². The molecule has 1 saturated carbocycles. The number of hydrogen-bond acceptors (Lipinski definition) is 4. The van der Waals surface area contributed by atoms with Crippen molar-refractivity contribution in [2.24, 2.45) is 0 Å². The third-order valence-corrected chi connectivity index (χ3v) is 5.23. The Morgan fingerprint density at radius 2 is 2.00 bits per heavy atom. The fraction of sp³-hybridized carbons (Fsp3) is 0.706. The van der Waals surface area contributed by atoms with Crippen LogP contribution in [0, 0.1) is 0 Å². The molecule has 2 fully saturated rings. The summed E-state index contributed by atoms with van der Waals surface area (Å²) < 4.78 is 52.6. The van der Waals surface area contributed by atoms with Crippen LogP contribution in [0.5, 0.6) is 0 Å². The van der Waals surface area contributed by atoms with E-state index in [1.165, 1.54) is 13.8 Å². The molecule has 144 valence electrons. The topological polar surface area (TPSA) is 58.1 Å². The Hall–Kier alpha value is -1.93. The molecule has 1 saturated heterocycles. The Balaban J connectivity index is 1.78. The number of carbonyl (C=O) groups is 1. The second kappa shape index (κ2) is 6.35. The molecule has 1 aromatic heterocycles. The molecule has 1 aromatic rings. The summed E-state index contributed by atoms with van der Waals surface area (Å²) in [6.45, 7) is 2.82. The number of piperidine rings is 1. The van der Waals surface area contributed by atoms with Crippen molar-refractivity contribution in [2.75, 3.05) is 11.4 Å². The van der Waals surface area contributed by atoms with Crippen LogP contribution in [-0.4, -0.2) is 39.7 Å². The van der Waals surface area contributed by atoms with Gasteiger partial charge in [0.25, 0.3) is 5.91 Å². The summed E-state index contributed by atoms with van der Waals surface area (Å²) in [4.78, 5) is 21.5. The van der Waals surface area contributed by atoms with Crippen molar-refractivity contribution in [3.05, 3.63) is 18.0 Å². The van der Waals surface area contributed by atoms with E-state index in [1.54, 1.807) is 0 Å². The fourth-order valence-corrected chi connectivity index (χ4v) is 3.68. The summed E-state index contributed by atoms with van der Waals surface area (Å²) in [5, 5.41) is 2.73.